The SMILES string of the molecule is COCOc1c2c(OCOC)c(C(=O)OC(C)(C)C)c(C(=O)OC(C)(C)C)c1COCCCCCOC2. The van der Waals surface area contributed by atoms with Crippen LogP contribution in [-0.2, 0) is 41.6 Å². The van der Waals surface area contributed by atoms with Gasteiger partial charge in [-0.05, 0) is 60.8 Å². The minimum absolute atomic E-state index is 0.0129. The van der Waals surface area contributed by atoms with Gasteiger partial charge in [-0.1, -0.05) is 0 Å². The maximum Gasteiger partial charge on any atom is 0.343 e. The largest absolute Gasteiger partial charge is 0.467 e. The van der Waals surface area contributed by atoms with Gasteiger partial charge in [-0.2, -0.15) is 0 Å². The van der Waals surface area contributed by atoms with Crippen LogP contribution in [0.5, 0.6) is 11.5 Å². The summed E-state index contributed by atoms with van der Waals surface area (Å²) in [5.41, 5.74) is -1.09. The Hall–Kier alpha value is -2.40. The van der Waals surface area contributed by atoms with Gasteiger partial charge >= 0.3 is 11.9 Å². The number of hydrogen-bond donors (Lipinski definition) is 0. The lowest BCUT2D eigenvalue weighted by molar-refractivity contribution is -0.000486. The zero-order valence-corrected chi connectivity index (χ0v) is 23.4. The third kappa shape index (κ3) is 9.45. The first-order valence-corrected chi connectivity index (χ1v) is 12.5. The third-order valence-electron chi connectivity index (χ3n) is 5.02. The normalized spacial score (nSPS) is 15.2. The number of carbonyl (C=O) groups is 2. The number of benzene rings is 1. The van der Waals surface area contributed by atoms with Gasteiger partial charge in [0.25, 0.3) is 0 Å². The Kier molecular flexibility index (Phi) is 11.6. The summed E-state index contributed by atoms with van der Waals surface area (Å²) in [4.78, 5) is 27.4. The molecular weight excluding hydrogens is 484 g/mol. The molecule has 0 saturated heterocycles. The fourth-order valence-corrected chi connectivity index (χ4v) is 3.66. The minimum atomic E-state index is -0.847. The highest BCUT2D eigenvalue weighted by Gasteiger charge is 2.37. The Bertz CT molecular complexity index is 911. The second kappa shape index (κ2) is 13.9. The molecule has 0 saturated carbocycles. The van der Waals surface area contributed by atoms with E-state index in [2.05, 4.69) is 0 Å². The molecule has 2 bridgehead atoms. The molecule has 210 valence electrons. The van der Waals surface area contributed by atoms with Crippen molar-refractivity contribution in [3.8, 4) is 11.5 Å². The summed E-state index contributed by atoms with van der Waals surface area (Å²) in [6, 6.07) is 0. The Balaban J connectivity index is 2.95. The zero-order valence-electron chi connectivity index (χ0n) is 23.4. The predicted octanol–water partition coefficient (Wildman–Crippen LogP) is 4.78. The molecule has 1 aromatic rings. The molecule has 37 heavy (non-hydrogen) atoms. The summed E-state index contributed by atoms with van der Waals surface area (Å²) in [5, 5.41) is 0. The van der Waals surface area contributed by atoms with Crippen LogP contribution in [0.25, 0.3) is 0 Å². The van der Waals surface area contributed by atoms with E-state index >= 15 is 0 Å². The van der Waals surface area contributed by atoms with Crippen molar-refractivity contribution in [2.75, 3.05) is 41.0 Å². The quantitative estimate of drug-likeness (QED) is 0.347. The number of fused-ring (bicyclic) bond motifs is 2. The van der Waals surface area contributed by atoms with E-state index in [9.17, 15) is 9.59 Å². The van der Waals surface area contributed by atoms with Crippen LogP contribution >= 0.6 is 0 Å². The molecule has 10 heteroatoms. The number of esters is 2. The molecular formula is C27H42O10. The number of methoxy groups -OCH3 is 2. The van der Waals surface area contributed by atoms with Gasteiger partial charge in [0.2, 0.25) is 0 Å². The molecule has 0 N–H and O–H groups in total. The molecule has 1 aromatic carbocycles. The first kappa shape index (κ1) is 30.8. The van der Waals surface area contributed by atoms with Crippen LogP contribution < -0.4 is 9.47 Å². The smallest absolute Gasteiger partial charge is 0.343 e. The van der Waals surface area contributed by atoms with Crippen molar-refractivity contribution in [3.63, 3.8) is 0 Å². The van der Waals surface area contributed by atoms with Crippen molar-refractivity contribution >= 4 is 11.9 Å². The molecule has 0 aliphatic carbocycles. The molecule has 0 atom stereocenters. The molecule has 1 aliphatic rings. The van der Waals surface area contributed by atoms with Gasteiger partial charge in [-0.25, -0.2) is 9.59 Å². The van der Waals surface area contributed by atoms with E-state index in [1.165, 1.54) is 14.2 Å². The van der Waals surface area contributed by atoms with E-state index in [4.69, 9.17) is 37.9 Å². The van der Waals surface area contributed by atoms with Crippen molar-refractivity contribution in [2.45, 2.75) is 85.2 Å². The molecule has 0 fully saturated rings. The second-order valence-corrected chi connectivity index (χ2v) is 10.6. The van der Waals surface area contributed by atoms with Gasteiger partial charge in [0.15, 0.2) is 13.6 Å². The van der Waals surface area contributed by atoms with Gasteiger partial charge in [0, 0.05) is 33.0 Å². The first-order valence-electron chi connectivity index (χ1n) is 12.5. The molecule has 0 amide bonds. The molecule has 0 aromatic heterocycles. The standard InChI is InChI=1S/C27H42O10/c1-26(2,3)36-24(28)20-18-14-32-12-10-9-11-13-33-15-19(22(18)34-16-30-7)23(35-17-31-8)21(20)25(29)37-27(4,5)6/h9-17H2,1-8H3. The molecule has 1 aliphatic heterocycles. The van der Waals surface area contributed by atoms with Crippen LogP contribution in [0.4, 0.5) is 0 Å². The van der Waals surface area contributed by atoms with Crippen LogP contribution in [0.3, 0.4) is 0 Å². The van der Waals surface area contributed by atoms with Crippen LogP contribution in [-0.4, -0.2) is 64.2 Å². The Morgan fingerprint density at radius 3 is 1.62 bits per heavy atom. The lowest BCUT2D eigenvalue weighted by atomic mass is 9.94. The van der Waals surface area contributed by atoms with Gasteiger partial charge in [0.1, 0.15) is 28.3 Å². The Morgan fingerprint density at radius 1 is 0.676 bits per heavy atom. The van der Waals surface area contributed by atoms with Crippen molar-refractivity contribution in [2.24, 2.45) is 0 Å². The second-order valence-electron chi connectivity index (χ2n) is 10.6. The van der Waals surface area contributed by atoms with Crippen LogP contribution in [0.15, 0.2) is 0 Å². The summed E-state index contributed by atoms with van der Waals surface area (Å²) < 4.78 is 45.6. The Morgan fingerprint density at radius 2 is 1.14 bits per heavy atom. The average Bonchev–Trinajstić information content (AvgIpc) is 2.77. The van der Waals surface area contributed by atoms with Crippen molar-refractivity contribution in [1.82, 2.24) is 0 Å². The highest BCUT2D eigenvalue weighted by atomic mass is 16.7. The van der Waals surface area contributed by atoms with Crippen molar-refractivity contribution in [1.29, 1.82) is 0 Å². The lowest BCUT2D eigenvalue weighted by Crippen LogP contribution is -2.30. The number of ether oxygens (including phenoxy) is 8. The zero-order chi connectivity index (χ0) is 27.6. The first-order chi connectivity index (χ1) is 17.4. The third-order valence-corrected chi connectivity index (χ3v) is 5.02. The summed E-state index contributed by atoms with van der Waals surface area (Å²) in [5.74, 6) is -1.17. The highest BCUT2D eigenvalue weighted by Crippen LogP contribution is 2.42. The molecule has 2 rings (SSSR count). The fraction of sp³-hybridized carbons (Fsp3) is 0.704. The molecule has 10 nitrogen and oxygen atoms in total. The van der Waals surface area contributed by atoms with E-state index in [0.717, 1.165) is 19.3 Å². The van der Waals surface area contributed by atoms with E-state index in [1.54, 1.807) is 41.5 Å². The van der Waals surface area contributed by atoms with Gasteiger partial charge in [0.05, 0.1) is 24.3 Å². The van der Waals surface area contributed by atoms with Gasteiger partial charge < -0.3 is 37.9 Å². The van der Waals surface area contributed by atoms with Gasteiger partial charge in [-0.3, -0.25) is 0 Å². The van der Waals surface area contributed by atoms with Crippen LogP contribution in [0.1, 0.15) is 92.6 Å². The molecule has 0 radical (unpaired) electrons. The summed E-state index contributed by atoms with van der Waals surface area (Å²) in [6.45, 7) is 11.1. The van der Waals surface area contributed by atoms with E-state index in [-0.39, 0.29) is 49.4 Å². The fourth-order valence-electron chi connectivity index (χ4n) is 3.66. The van der Waals surface area contributed by atoms with Gasteiger partial charge in [-0.15, -0.1) is 0 Å². The van der Waals surface area contributed by atoms with E-state index in [1.807, 2.05) is 0 Å². The van der Waals surface area contributed by atoms with Crippen molar-refractivity contribution in [3.05, 3.63) is 22.3 Å². The predicted molar refractivity (Wildman–Crippen MR) is 135 cm³/mol. The monoisotopic (exact) mass is 526 g/mol. The van der Waals surface area contributed by atoms with E-state index in [0.29, 0.717) is 24.3 Å². The number of rotatable bonds is 8. The molecule has 1 heterocycles. The molecule has 0 spiro atoms. The highest BCUT2D eigenvalue weighted by molar-refractivity contribution is 6.07. The number of hydrogen-bond acceptors (Lipinski definition) is 10. The van der Waals surface area contributed by atoms with Crippen LogP contribution in [0.2, 0.25) is 0 Å². The maximum absolute atomic E-state index is 13.7. The topological polar surface area (TPSA) is 108 Å². The van der Waals surface area contributed by atoms with Crippen molar-refractivity contribution < 1.29 is 47.5 Å². The molecule has 0 unspecified atom stereocenters. The average molecular weight is 527 g/mol. The summed E-state index contributed by atoms with van der Waals surface area (Å²) in [7, 11) is 2.94. The minimum Gasteiger partial charge on any atom is -0.467 e. The van der Waals surface area contributed by atoms with Crippen LogP contribution in [0, 0.1) is 0 Å². The Labute approximate surface area is 219 Å². The lowest BCUT2D eigenvalue weighted by Gasteiger charge is -2.28. The maximum atomic E-state index is 13.7. The summed E-state index contributed by atoms with van der Waals surface area (Å²) >= 11 is 0. The van der Waals surface area contributed by atoms with E-state index < -0.39 is 23.1 Å². The summed E-state index contributed by atoms with van der Waals surface area (Å²) in [6.07, 6.45) is 2.59. The number of carbonyl (C=O) groups excluding carboxylic acids is 2.